The Morgan fingerprint density at radius 3 is 2.73 bits per heavy atom. The summed E-state index contributed by atoms with van der Waals surface area (Å²) in [6.07, 6.45) is 2.16. The monoisotopic (exact) mass is 236 g/mol. The van der Waals surface area contributed by atoms with E-state index in [1.165, 1.54) is 24.2 Å². The predicted molar refractivity (Wildman–Crippen MR) is 55.9 cm³/mol. The van der Waals surface area contributed by atoms with Gasteiger partial charge in [-0.25, -0.2) is 4.98 Å². The van der Waals surface area contributed by atoms with Crippen LogP contribution in [0.3, 0.4) is 0 Å². The largest absolute Gasteiger partial charge is 0.392 e. The molecule has 0 aliphatic rings. The molecule has 0 aliphatic heterocycles. The fourth-order valence-electron chi connectivity index (χ4n) is 0.979. The number of hydrogen-bond donors (Lipinski definition) is 1. The van der Waals surface area contributed by atoms with Gasteiger partial charge in [-0.3, -0.25) is 4.57 Å². The molecule has 0 radical (unpaired) electrons. The first kappa shape index (κ1) is 12.4. The van der Waals surface area contributed by atoms with Crippen LogP contribution in [0, 0.1) is 0 Å². The third-order valence-electron chi connectivity index (χ3n) is 2.11. The van der Waals surface area contributed by atoms with Gasteiger partial charge in [0.1, 0.15) is 5.82 Å². The van der Waals surface area contributed by atoms with Gasteiger partial charge < -0.3 is 5.11 Å². The first-order chi connectivity index (χ1) is 7.02. The van der Waals surface area contributed by atoms with Crippen LogP contribution in [-0.4, -0.2) is 26.0 Å². The van der Waals surface area contributed by atoms with Crippen molar-refractivity contribution in [3.63, 3.8) is 0 Å². The van der Waals surface area contributed by atoms with Crippen molar-refractivity contribution in [1.82, 2.24) is 9.55 Å². The second-order valence-corrected chi connectivity index (χ2v) is 4.65. The van der Waals surface area contributed by atoms with Crippen molar-refractivity contribution in [3.8, 4) is 0 Å². The van der Waals surface area contributed by atoms with E-state index in [4.69, 9.17) is 0 Å². The Hall–Kier alpha value is -0.620. The van der Waals surface area contributed by atoms with Crippen LogP contribution in [0.1, 0.15) is 26.2 Å². The lowest BCUT2D eigenvalue weighted by molar-refractivity contribution is 0.0678. The summed E-state index contributed by atoms with van der Waals surface area (Å²) in [5.41, 5.74) is 0. The van der Waals surface area contributed by atoms with Crippen molar-refractivity contribution in [3.05, 3.63) is 18.2 Å². The van der Waals surface area contributed by atoms with Crippen molar-refractivity contribution >= 4 is 11.8 Å². The van der Waals surface area contributed by atoms with E-state index in [-0.39, 0.29) is 5.25 Å². The summed E-state index contributed by atoms with van der Waals surface area (Å²) in [7, 11) is 0. The molecular weight excluding hydrogens is 222 g/mol. The highest BCUT2D eigenvalue weighted by Gasteiger charge is 2.14. The van der Waals surface area contributed by atoms with E-state index in [9.17, 15) is 13.9 Å². The molecule has 0 aliphatic carbocycles. The third-order valence-corrected chi connectivity index (χ3v) is 3.46. The second-order valence-electron chi connectivity index (χ2n) is 3.29. The van der Waals surface area contributed by atoms with E-state index in [0.29, 0.717) is 11.6 Å². The number of imidazole rings is 1. The summed E-state index contributed by atoms with van der Waals surface area (Å²) in [5, 5.41) is 9.24. The van der Waals surface area contributed by atoms with Crippen LogP contribution < -0.4 is 0 Å². The lowest BCUT2D eigenvalue weighted by Gasteiger charge is -2.14. The highest BCUT2D eigenvalue weighted by molar-refractivity contribution is 7.99. The zero-order valence-corrected chi connectivity index (χ0v) is 9.42. The van der Waals surface area contributed by atoms with Gasteiger partial charge in [-0.15, -0.1) is 11.8 Å². The number of hydrogen-bond acceptors (Lipinski definition) is 3. The molecule has 86 valence electrons. The number of rotatable bonds is 5. The first-order valence-corrected chi connectivity index (χ1v) is 5.66. The Kier molecular flexibility index (Phi) is 4.53. The number of aliphatic hydroxyl groups is 1. The maximum atomic E-state index is 12.4. The summed E-state index contributed by atoms with van der Waals surface area (Å²) in [6.45, 7) is 0.979. The zero-order chi connectivity index (χ0) is 11.4. The molecule has 15 heavy (non-hydrogen) atoms. The summed E-state index contributed by atoms with van der Waals surface area (Å²) in [6, 6.07) is 0. The van der Waals surface area contributed by atoms with Crippen LogP contribution in [0.4, 0.5) is 8.78 Å². The minimum atomic E-state index is -2.55. The van der Waals surface area contributed by atoms with Crippen LogP contribution in [0.2, 0.25) is 0 Å². The van der Waals surface area contributed by atoms with Crippen molar-refractivity contribution < 1.29 is 13.9 Å². The van der Waals surface area contributed by atoms with Crippen LogP contribution in [-0.2, 0) is 5.75 Å². The van der Waals surface area contributed by atoms with E-state index in [0.717, 1.165) is 4.57 Å². The Morgan fingerprint density at radius 2 is 2.20 bits per heavy atom. The standard InChI is InChI=1S/C9H14F2N2OS/c1-6(14)7(2)15-5-8-12-3-4-13(8)9(10)11/h3-4,6-7,9,14H,5H2,1-2H3/t6-,7+/m1/s1. The summed E-state index contributed by atoms with van der Waals surface area (Å²) < 4.78 is 25.7. The summed E-state index contributed by atoms with van der Waals surface area (Å²) >= 11 is 1.41. The molecule has 3 nitrogen and oxygen atoms in total. The molecule has 1 heterocycles. The Morgan fingerprint density at radius 1 is 1.53 bits per heavy atom. The van der Waals surface area contributed by atoms with Gasteiger partial charge in [0.25, 0.3) is 0 Å². The van der Waals surface area contributed by atoms with Crippen molar-refractivity contribution in [2.75, 3.05) is 0 Å². The Balaban J connectivity index is 2.54. The number of aromatic nitrogens is 2. The maximum absolute atomic E-state index is 12.4. The number of nitrogens with zero attached hydrogens (tertiary/aromatic N) is 2. The lowest BCUT2D eigenvalue weighted by Crippen LogP contribution is -2.16. The molecule has 0 saturated carbocycles. The average Bonchev–Trinajstić information content (AvgIpc) is 2.61. The average molecular weight is 236 g/mol. The quantitative estimate of drug-likeness (QED) is 0.852. The van der Waals surface area contributed by atoms with Crippen LogP contribution in [0.15, 0.2) is 12.4 Å². The molecule has 0 amide bonds. The molecule has 2 atom stereocenters. The van der Waals surface area contributed by atoms with Gasteiger partial charge >= 0.3 is 6.55 Å². The van der Waals surface area contributed by atoms with Gasteiger partial charge in [0.15, 0.2) is 0 Å². The van der Waals surface area contributed by atoms with Gasteiger partial charge in [0.2, 0.25) is 0 Å². The highest BCUT2D eigenvalue weighted by Crippen LogP contribution is 2.21. The van der Waals surface area contributed by atoms with Crippen molar-refractivity contribution in [2.45, 2.75) is 37.5 Å². The molecule has 6 heteroatoms. The van der Waals surface area contributed by atoms with E-state index < -0.39 is 12.7 Å². The molecule has 0 spiro atoms. The fraction of sp³-hybridized carbons (Fsp3) is 0.667. The molecule has 1 aromatic rings. The SMILES string of the molecule is C[C@H](SCc1nccn1C(F)F)[C@@H](C)O. The van der Waals surface area contributed by atoms with Crippen LogP contribution in [0.25, 0.3) is 0 Å². The van der Waals surface area contributed by atoms with Crippen LogP contribution >= 0.6 is 11.8 Å². The molecule has 0 aromatic carbocycles. The van der Waals surface area contributed by atoms with Gasteiger partial charge in [-0.2, -0.15) is 8.78 Å². The summed E-state index contributed by atoms with van der Waals surface area (Å²) in [4.78, 5) is 3.85. The minimum Gasteiger partial charge on any atom is -0.392 e. The molecular formula is C9H14F2N2OS. The van der Waals surface area contributed by atoms with Gasteiger partial charge in [-0.05, 0) is 6.92 Å². The highest BCUT2D eigenvalue weighted by atomic mass is 32.2. The van der Waals surface area contributed by atoms with Crippen LogP contribution in [0.5, 0.6) is 0 Å². The minimum absolute atomic E-state index is 0.00724. The van der Waals surface area contributed by atoms with E-state index in [1.54, 1.807) is 6.92 Å². The first-order valence-electron chi connectivity index (χ1n) is 4.62. The van der Waals surface area contributed by atoms with Gasteiger partial charge in [0, 0.05) is 17.6 Å². The molecule has 0 bridgehead atoms. The van der Waals surface area contributed by atoms with Gasteiger partial charge in [0.05, 0.1) is 11.9 Å². The van der Waals surface area contributed by atoms with E-state index in [2.05, 4.69) is 4.98 Å². The topological polar surface area (TPSA) is 38.0 Å². The fourth-order valence-corrected chi connectivity index (χ4v) is 1.89. The van der Waals surface area contributed by atoms with E-state index >= 15 is 0 Å². The Bertz CT molecular complexity index is 304. The molecule has 0 unspecified atom stereocenters. The number of aliphatic hydroxyl groups excluding tert-OH is 1. The molecule has 1 rings (SSSR count). The lowest BCUT2D eigenvalue weighted by atomic mass is 10.3. The summed E-state index contributed by atoms with van der Waals surface area (Å²) in [5.74, 6) is 0.714. The zero-order valence-electron chi connectivity index (χ0n) is 8.60. The number of thioether (sulfide) groups is 1. The predicted octanol–water partition coefficient (Wildman–Crippen LogP) is 2.28. The normalized spacial score (nSPS) is 15.6. The smallest absolute Gasteiger partial charge is 0.319 e. The number of halogens is 2. The number of alkyl halides is 2. The van der Waals surface area contributed by atoms with Crippen molar-refractivity contribution in [1.29, 1.82) is 0 Å². The van der Waals surface area contributed by atoms with Gasteiger partial charge in [-0.1, -0.05) is 6.92 Å². The van der Waals surface area contributed by atoms with Crippen molar-refractivity contribution in [2.24, 2.45) is 0 Å². The Labute approximate surface area is 91.5 Å². The molecule has 0 fully saturated rings. The third kappa shape index (κ3) is 3.46. The second kappa shape index (κ2) is 5.46. The molecule has 1 aromatic heterocycles. The maximum Gasteiger partial charge on any atom is 0.319 e. The molecule has 1 N–H and O–H groups in total. The van der Waals surface area contributed by atoms with E-state index in [1.807, 2.05) is 6.92 Å². The molecule has 0 saturated heterocycles.